The first-order valence-corrected chi connectivity index (χ1v) is 23.6. The Morgan fingerprint density at radius 1 is 0.294 bits per heavy atom. The molecule has 0 atom stereocenters. The average Bonchev–Trinajstić information content (AvgIpc) is 3.90. The van der Waals surface area contributed by atoms with Crippen molar-refractivity contribution in [3.63, 3.8) is 0 Å². The Balaban J connectivity index is 0.000000331. The van der Waals surface area contributed by atoms with Gasteiger partial charge in [0.2, 0.25) is 0 Å². The number of hydrogen-bond donors (Lipinski definition) is 0. The number of fused-ring (bicyclic) bond motifs is 6. The zero-order valence-corrected chi connectivity index (χ0v) is 39.7. The standard InChI is InChI=1S/C52H39NO.2C7H8/c1-32-13-8-10-17-40(32)43-30-38(22-21-34(43)3)42-19-12-20-51-52(42)47-29-37(24-26-50(47)54-51)36-23-25-48-45(28-36)46-31-44(41-18-11-9-14-33(41)2)35(4)27-49(46)53(48)39-15-6-5-7-16-39;2*1-7-5-3-2-4-6-7/h5-31H,1-4H3;2*2-6H,1H3. The van der Waals surface area contributed by atoms with E-state index in [4.69, 9.17) is 4.42 Å². The van der Waals surface area contributed by atoms with Crippen LogP contribution in [-0.2, 0) is 0 Å². The molecular formula is C66H55NO. The lowest BCUT2D eigenvalue weighted by molar-refractivity contribution is 0.669. The van der Waals surface area contributed by atoms with Crippen LogP contribution in [0.25, 0.3) is 93.9 Å². The smallest absolute Gasteiger partial charge is 0.136 e. The first-order chi connectivity index (χ1) is 33.2. The minimum Gasteiger partial charge on any atom is -0.456 e. The normalized spacial score (nSPS) is 11.1. The number of rotatable bonds is 5. The Labute approximate surface area is 400 Å². The zero-order chi connectivity index (χ0) is 46.7. The first-order valence-electron chi connectivity index (χ1n) is 23.6. The van der Waals surface area contributed by atoms with E-state index in [0.29, 0.717) is 0 Å². The van der Waals surface area contributed by atoms with Crippen molar-refractivity contribution in [1.29, 1.82) is 0 Å². The molecule has 2 aromatic heterocycles. The molecule has 12 aromatic rings. The number of para-hydroxylation sites is 1. The SMILES string of the molecule is Cc1ccccc1.Cc1ccccc1.Cc1ccccc1-c1cc(-c2cccc3oc4ccc(-c5ccc6c(c5)c5cc(-c7ccccc7C)c(C)cc5n6-c5ccccc5)cc4c23)ccc1C. The Kier molecular flexibility index (Phi) is 12.2. The second-order valence-corrected chi connectivity index (χ2v) is 18.0. The third kappa shape index (κ3) is 8.65. The maximum atomic E-state index is 6.52. The largest absolute Gasteiger partial charge is 0.456 e. The fraction of sp³-hybridized carbons (Fsp3) is 0.0909. The molecule has 0 spiro atoms. The van der Waals surface area contributed by atoms with Crippen LogP contribution in [0.15, 0.2) is 229 Å². The van der Waals surface area contributed by atoms with Crippen molar-refractivity contribution in [2.75, 3.05) is 0 Å². The molecule has 10 aromatic carbocycles. The summed E-state index contributed by atoms with van der Waals surface area (Å²) in [6, 6.07) is 80.2. The van der Waals surface area contributed by atoms with Gasteiger partial charge in [0, 0.05) is 27.2 Å². The van der Waals surface area contributed by atoms with Gasteiger partial charge in [-0.1, -0.05) is 175 Å². The highest BCUT2D eigenvalue weighted by Gasteiger charge is 2.19. The molecule has 0 aliphatic rings. The number of aromatic nitrogens is 1. The van der Waals surface area contributed by atoms with E-state index in [1.54, 1.807) is 0 Å². The van der Waals surface area contributed by atoms with Gasteiger partial charge in [-0.05, 0) is 169 Å². The lowest BCUT2D eigenvalue weighted by Crippen LogP contribution is -1.94. The Hall–Kier alpha value is -8.20. The predicted molar refractivity (Wildman–Crippen MR) is 291 cm³/mol. The number of hydrogen-bond acceptors (Lipinski definition) is 1. The van der Waals surface area contributed by atoms with Gasteiger partial charge >= 0.3 is 0 Å². The van der Waals surface area contributed by atoms with Gasteiger partial charge in [0.15, 0.2) is 0 Å². The highest BCUT2D eigenvalue weighted by atomic mass is 16.3. The molecule has 0 saturated carbocycles. The van der Waals surface area contributed by atoms with Crippen LogP contribution in [0, 0.1) is 41.5 Å². The molecule has 0 aliphatic carbocycles. The van der Waals surface area contributed by atoms with Crippen LogP contribution in [0.3, 0.4) is 0 Å². The molecule has 0 amide bonds. The van der Waals surface area contributed by atoms with E-state index in [-0.39, 0.29) is 0 Å². The summed E-state index contributed by atoms with van der Waals surface area (Å²) < 4.78 is 8.93. The summed E-state index contributed by atoms with van der Waals surface area (Å²) in [6.45, 7) is 13.0. The topological polar surface area (TPSA) is 18.1 Å². The maximum absolute atomic E-state index is 6.52. The third-order valence-corrected chi connectivity index (χ3v) is 13.3. The van der Waals surface area contributed by atoms with Crippen molar-refractivity contribution in [3.05, 3.63) is 258 Å². The Morgan fingerprint density at radius 3 is 1.40 bits per heavy atom. The molecule has 12 rings (SSSR count). The van der Waals surface area contributed by atoms with Crippen LogP contribution < -0.4 is 0 Å². The van der Waals surface area contributed by atoms with Gasteiger partial charge in [-0.15, -0.1) is 0 Å². The van der Waals surface area contributed by atoms with Crippen molar-refractivity contribution >= 4 is 43.7 Å². The first kappa shape index (κ1) is 43.7. The van der Waals surface area contributed by atoms with Crippen molar-refractivity contribution < 1.29 is 4.42 Å². The molecule has 0 bridgehead atoms. The predicted octanol–water partition coefficient (Wildman–Crippen LogP) is 18.6. The quantitative estimate of drug-likeness (QED) is 0.168. The molecule has 2 heterocycles. The summed E-state index contributed by atoms with van der Waals surface area (Å²) in [7, 11) is 0. The molecule has 0 unspecified atom stereocenters. The lowest BCUT2D eigenvalue weighted by Gasteiger charge is -2.12. The van der Waals surface area contributed by atoms with E-state index >= 15 is 0 Å². The van der Waals surface area contributed by atoms with E-state index in [1.807, 2.05) is 36.4 Å². The molecule has 2 nitrogen and oxygen atoms in total. The van der Waals surface area contributed by atoms with E-state index in [0.717, 1.165) is 27.6 Å². The molecule has 0 N–H and O–H groups in total. The van der Waals surface area contributed by atoms with Gasteiger partial charge in [0.25, 0.3) is 0 Å². The summed E-state index contributed by atoms with van der Waals surface area (Å²) in [5, 5.41) is 4.76. The number of nitrogens with zero attached hydrogens (tertiary/aromatic N) is 1. The summed E-state index contributed by atoms with van der Waals surface area (Å²) in [6.07, 6.45) is 0. The van der Waals surface area contributed by atoms with E-state index < -0.39 is 0 Å². The number of benzene rings is 10. The molecule has 330 valence electrons. The minimum atomic E-state index is 0.896. The maximum Gasteiger partial charge on any atom is 0.136 e. The van der Waals surface area contributed by atoms with Crippen molar-refractivity contribution in [3.8, 4) is 50.2 Å². The van der Waals surface area contributed by atoms with Crippen molar-refractivity contribution in [2.45, 2.75) is 41.5 Å². The molecule has 0 aliphatic heterocycles. The Bertz CT molecular complexity index is 3690. The van der Waals surface area contributed by atoms with Crippen LogP contribution in [0.4, 0.5) is 0 Å². The Morgan fingerprint density at radius 2 is 0.794 bits per heavy atom. The molecule has 68 heavy (non-hydrogen) atoms. The molecule has 0 radical (unpaired) electrons. The fourth-order valence-corrected chi connectivity index (χ4v) is 9.64. The number of furan rings is 1. The van der Waals surface area contributed by atoms with Crippen molar-refractivity contribution in [1.82, 2.24) is 4.57 Å². The molecule has 0 saturated heterocycles. The monoisotopic (exact) mass is 877 g/mol. The van der Waals surface area contributed by atoms with Gasteiger partial charge in [-0.3, -0.25) is 0 Å². The molecule has 0 fully saturated rings. The van der Waals surface area contributed by atoms with Gasteiger partial charge in [0.1, 0.15) is 11.2 Å². The van der Waals surface area contributed by atoms with E-state index in [9.17, 15) is 0 Å². The summed E-state index contributed by atoms with van der Waals surface area (Å²) in [5.74, 6) is 0. The second kappa shape index (κ2) is 19.0. The van der Waals surface area contributed by atoms with E-state index in [1.165, 1.54) is 99.7 Å². The van der Waals surface area contributed by atoms with Crippen LogP contribution >= 0.6 is 0 Å². The van der Waals surface area contributed by atoms with Crippen LogP contribution in [0.1, 0.15) is 33.4 Å². The summed E-state index contributed by atoms with van der Waals surface area (Å²) in [4.78, 5) is 0. The van der Waals surface area contributed by atoms with Crippen LogP contribution in [-0.4, -0.2) is 4.57 Å². The summed E-state index contributed by atoms with van der Waals surface area (Å²) in [5.41, 5.74) is 22.9. The summed E-state index contributed by atoms with van der Waals surface area (Å²) >= 11 is 0. The highest BCUT2D eigenvalue weighted by molar-refractivity contribution is 6.15. The fourth-order valence-electron chi connectivity index (χ4n) is 9.64. The third-order valence-electron chi connectivity index (χ3n) is 13.3. The average molecular weight is 878 g/mol. The van der Waals surface area contributed by atoms with E-state index in [2.05, 4.69) is 234 Å². The lowest BCUT2D eigenvalue weighted by atomic mass is 9.91. The number of aryl methyl sites for hydroxylation is 6. The van der Waals surface area contributed by atoms with Gasteiger partial charge in [-0.2, -0.15) is 0 Å². The molecule has 2 heteroatoms. The second-order valence-electron chi connectivity index (χ2n) is 18.0. The molecular weight excluding hydrogens is 823 g/mol. The highest BCUT2D eigenvalue weighted by Crippen LogP contribution is 2.42. The zero-order valence-electron chi connectivity index (χ0n) is 39.7. The van der Waals surface area contributed by atoms with Gasteiger partial charge < -0.3 is 8.98 Å². The van der Waals surface area contributed by atoms with Gasteiger partial charge in [0.05, 0.1) is 11.0 Å². The minimum absolute atomic E-state index is 0.896. The van der Waals surface area contributed by atoms with Crippen molar-refractivity contribution in [2.24, 2.45) is 0 Å². The van der Waals surface area contributed by atoms with Crippen LogP contribution in [0.2, 0.25) is 0 Å². The van der Waals surface area contributed by atoms with Gasteiger partial charge in [-0.25, -0.2) is 0 Å². The van der Waals surface area contributed by atoms with Crippen LogP contribution in [0.5, 0.6) is 0 Å².